The van der Waals surface area contributed by atoms with E-state index in [0.717, 1.165) is 16.8 Å². The first kappa shape index (κ1) is 19.5. The van der Waals surface area contributed by atoms with Gasteiger partial charge >= 0.3 is 0 Å². The lowest BCUT2D eigenvalue weighted by atomic mass is 10.1. The van der Waals surface area contributed by atoms with Crippen molar-refractivity contribution < 1.29 is 9.32 Å². The predicted molar refractivity (Wildman–Crippen MR) is 115 cm³/mol. The van der Waals surface area contributed by atoms with Gasteiger partial charge in [-0.2, -0.15) is 4.98 Å². The zero-order valence-electron chi connectivity index (χ0n) is 16.8. The summed E-state index contributed by atoms with van der Waals surface area (Å²) in [7, 11) is 3.98. The summed E-state index contributed by atoms with van der Waals surface area (Å²) in [5.41, 5.74) is 3.08. The van der Waals surface area contributed by atoms with E-state index in [0.29, 0.717) is 31.2 Å². The van der Waals surface area contributed by atoms with Crippen molar-refractivity contribution in [1.82, 2.24) is 15.0 Å². The first-order valence-corrected chi connectivity index (χ1v) is 10.8. The smallest absolute Gasteiger partial charge is 0.258 e. The van der Waals surface area contributed by atoms with Gasteiger partial charge in [-0.1, -0.05) is 23.4 Å². The van der Waals surface area contributed by atoms with Crippen molar-refractivity contribution in [3.63, 3.8) is 0 Å². The number of hydrogen-bond acceptors (Lipinski definition) is 6. The van der Waals surface area contributed by atoms with E-state index in [1.54, 1.807) is 11.8 Å². The highest BCUT2D eigenvalue weighted by atomic mass is 32.2. The second-order valence-corrected chi connectivity index (χ2v) is 8.31. The van der Waals surface area contributed by atoms with Crippen molar-refractivity contribution in [2.24, 2.45) is 0 Å². The standard InChI is InChI=1S/C22H24N4O2S/c1-25(2)18-6-4-5-16(11-18)22-23-21(24-28-22)17-12-20(27)26(14-17)13-15-7-9-19(29-3)10-8-15/h4-11,17H,12-14H2,1-3H3. The molecule has 1 unspecified atom stereocenters. The van der Waals surface area contributed by atoms with Gasteiger partial charge in [-0.05, 0) is 42.2 Å². The Balaban J connectivity index is 1.46. The first-order chi connectivity index (χ1) is 14.0. The Labute approximate surface area is 174 Å². The molecule has 6 nitrogen and oxygen atoms in total. The first-order valence-electron chi connectivity index (χ1n) is 9.55. The minimum Gasteiger partial charge on any atom is -0.378 e. The van der Waals surface area contributed by atoms with Crippen LogP contribution < -0.4 is 4.90 Å². The number of thioether (sulfide) groups is 1. The number of carbonyl (C=O) groups is 1. The fraction of sp³-hybridized carbons (Fsp3) is 0.318. The molecule has 0 radical (unpaired) electrons. The minimum absolute atomic E-state index is 0.0394. The van der Waals surface area contributed by atoms with Crippen LogP contribution in [-0.2, 0) is 11.3 Å². The number of carbonyl (C=O) groups excluding carboxylic acids is 1. The number of nitrogens with zero attached hydrogens (tertiary/aromatic N) is 4. The summed E-state index contributed by atoms with van der Waals surface area (Å²) in [6.45, 7) is 1.22. The number of hydrogen-bond donors (Lipinski definition) is 0. The van der Waals surface area contributed by atoms with E-state index in [9.17, 15) is 4.79 Å². The number of benzene rings is 2. The molecular weight excluding hydrogens is 384 g/mol. The summed E-state index contributed by atoms with van der Waals surface area (Å²) in [5.74, 6) is 1.18. The van der Waals surface area contributed by atoms with Crippen molar-refractivity contribution in [3.8, 4) is 11.5 Å². The second kappa shape index (κ2) is 8.29. The topological polar surface area (TPSA) is 62.5 Å². The molecule has 1 aromatic heterocycles. The third-order valence-corrected chi connectivity index (χ3v) is 5.91. The molecule has 7 heteroatoms. The maximum Gasteiger partial charge on any atom is 0.258 e. The summed E-state index contributed by atoms with van der Waals surface area (Å²) >= 11 is 1.71. The van der Waals surface area contributed by atoms with E-state index in [2.05, 4.69) is 40.7 Å². The largest absolute Gasteiger partial charge is 0.378 e. The Morgan fingerprint density at radius 1 is 1.21 bits per heavy atom. The molecule has 2 heterocycles. The maximum absolute atomic E-state index is 12.5. The summed E-state index contributed by atoms with van der Waals surface area (Å²) in [5, 5.41) is 4.17. The van der Waals surface area contributed by atoms with Gasteiger partial charge < -0.3 is 14.3 Å². The molecule has 1 fully saturated rings. The molecule has 150 valence electrons. The highest BCUT2D eigenvalue weighted by molar-refractivity contribution is 7.98. The van der Waals surface area contributed by atoms with Crippen LogP contribution in [0.15, 0.2) is 57.9 Å². The Morgan fingerprint density at radius 2 is 2.00 bits per heavy atom. The molecule has 1 aliphatic rings. The van der Waals surface area contributed by atoms with E-state index >= 15 is 0 Å². The van der Waals surface area contributed by atoms with Crippen molar-refractivity contribution in [1.29, 1.82) is 0 Å². The highest BCUT2D eigenvalue weighted by Crippen LogP contribution is 2.30. The molecular formula is C22H24N4O2S. The number of rotatable bonds is 6. The lowest BCUT2D eigenvalue weighted by molar-refractivity contribution is -0.128. The van der Waals surface area contributed by atoms with Crippen LogP contribution in [-0.4, -0.2) is 47.8 Å². The van der Waals surface area contributed by atoms with Crippen LogP contribution in [0.1, 0.15) is 23.7 Å². The van der Waals surface area contributed by atoms with E-state index in [1.165, 1.54) is 4.90 Å². The van der Waals surface area contributed by atoms with E-state index in [1.807, 2.05) is 48.2 Å². The summed E-state index contributed by atoms with van der Waals surface area (Å²) in [4.78, 5) is 22.2. The van der Waals surface area contributed by atoms with Crippen molar-refractivity contribution in [3.05, 3.63) is 59.9 Å². The third kappa shape index (κ3) is 4.29. The molecule has 1 saturated heterocycles. The van der Waals surface area contributed by atoms with Crippen LogP contribution in [0.3, 0.4) is 0 Å². The van der Waals surface area contributed by atoms with Gasteiger partial charge in [0.05, 0.1) is 0 Å². The number of amides is 1. The maximum atomic E-state index is 12.5. The summed E-state index contributed by atoms with van der Waals surface area (Å²) in [6, 6.07) is 16.3. The SMILES string of the molecule is CSc1ccc(CN2CC(c3noc(-c4cccc(N(C)C)c4)n3)CC2=O)cc1. The Bertz CT molecular complexity index is 1000. The zero-order chi connectivity index (χ0) is 20.4. The minimum atomic E-state index is -0.0394. The lowest BCUT2D eigenvalue weighted by Gasteiger charge is -2.16. The molecule has 0 spiro atoms. The van der Waals surface area contributed by atoms with Gasteiger partial charge in [-0.25, -0.2) is 0 Å². The fourth-order valence-electron chi connectivity index (χ4n) is 3.48. The van der Waals surface area contributed by atoms with Crippen molar-refractivity contribution in [2.45, 2.75) is 23.8 Å². The van der Waals surface area contributed by atoms with Crippen LogP contribution in [0, 0.1) is 0 Å². The molecule has 4 rings (SSSR count). The Kier molecular flexibility index (Phi) is 5.58. The van der Waals surface area contributed by atoms with Crippen LogP contribution in [0.25, 0.3) is 11.5 Å². The van der Waals surface area contributed by atoms with Gasteiger partial charge in [0.1, 0.15) is 0 Å². The molecule has 0 bridgehead atoms. The number of aromatic nitrogens is 2. The lowest BCUT2D eigenvalue weighted by Crippen LogP contribution is -2.24. The summed E-state index contributed by atoms with van der Waals surface area (Å²) in [6.07, 6.45) is 2.47. The Morgan fingerprint density at radius 3 is 2.72 bits per heavy atom. The zero-order valence-corrected chi connectivity index (χ0v) is 17.6. The molecule has 1 amide bonds. The normalized spacial score (nSPS) is 16.4. The van der Waals surface area contributed by atoms with Gasteiger partial charge in [0.2, 0.25) is 5.91 Å². The molecule has 0 aliphatic carbocycles. The second-order valence-electron chi connectivity index (χ2n) is 7.43. The van der Waals surface area contributed by atoms with Crippen LogP contribution in [0.5, 0.6) is 0 Å². The van der Waals surface area contributed by atoms with Gasteiger partial charge in [0, 0.05) is 55.7 Å². The van der Waals surface area contributed by atoms with Gasteiger partial charge in [-0.3, -0.25) is 4.79 Å². The predicted octanol–water partition coefficient (Wildman–Crippen LogP) is 4.04. The third-order valence-electron chi connectivity index (χ3n) is 5.16. The van der Waals surface area contributed by atoms with E-state index in [4.69, 9.17) is 4.52 Å². The average Bonchev–Trinajstić information content (AvgIpc) is 3.36. The molecule has 0 N–H and O–H groups in total. The molecule has 0 saturated carbocycles. The molecule has 29 heavy (non-hydrogen) atoms. The van der Waals surface area contributed by atoms with Crippen molar-refractivity contribution in [2.75, 3.05) is 31.8 Å². The highest BCUT2D eigenvalue weighted by Gasteiger charge is 2.33. The van der Waals surface area contributed by atoms with Gasteiger partial charge in [-0.15, -0.1) is 11.8 Å². The molecule has 2 aromatic carbocycles. The van der Waals surface area contributed by atoms with Gasteiger partial charge in [0.15, 0.2) is 5.82 Å². The average molecular weight is 409 g/mol. The molecule has 1 aliphatic heterocycles. The molecule has 3 aromatic rings. The van der Waals surface area contributed by atoms with Crippen LogP contribution >= 0.6 is 11.8 Å². The van der Waals surface area contributed by atoms with Gasteiger partial charge in [0.25, 0.3) is 5.89 Å². The fourth-order valence-corrected chi connectivity index (χ4v) is 3.89. The van der Waals surface area contributed by atoms with Crippen LogP contribution in [0.2, 0.25) is 0 Å². The summed E-state index contributed by atoms with van der Waals surface area (Å²) < 4.78 is 5.50. The number of anilines is 1. The molecule has 1 atom stereocenters. The number of likely N-dealkylation sites (tertiary alicyclic amines) is 1. The monoisotopic (exact) mass is 408 g/mol. The van der Waals surface area contributed by atoms with E-state index in [-0.39, 0.29) is 11.8 Å². The van der Waals surface area contributed by atoms with Crippen LogP contribution in [0.4, 0.5) is 5.69 Å². The van der Waals surface area contributed by atoms with E-state index < -0.39 is 0 Å². The quantitative estimate of drug-likeness (QED) is 0.574. The van der Waals surface area contributed by atoms with Crippen molar-refractivity contribution >= 4 is 23.4 Å². The Hall–Kier alpha value is -2.80.